The van der Waals surface area contributed by atoms with E-state index in [1.807, 2.05) is 37.3 Å². The summed E-state index contributed by atoms with van der Waals surface area (Å²) in [5.74, 6) is 0.539. The van der Waals surface area contributed by atoms with E-state index in [0.717, 1.165) is 18.5 Å². The number of aromatic nitrogens is 2. The van der Waals surface area contributed by atoms with Gasteiger partial charge in [0.2, 0.25) is 0 Å². The molecule has 132 valence electrons. The van der Waals surface area contributed by atoms with Gasteiger partial charge in [0.1, 0.15) is 5.82 Å². The third-order valence-corrected chi connectivity index (χ3v) is 4.48. The van der Waals surface area contributed by atoms with Crippen LogP contribution in [0.4, 0.5) is 5.69 Å². The lowest BCUT2D eigenvalue weighted by atomic mass is 10.1. The minimum atomic E-state index is -0.182. The average molecular weight is 348 g/mol. The normalized spacial score (nSPS) is 14.8. The van der Waals surface area contributed by atoms with E-state index in [1.54, 1.807) is 18.2 Å². The molecule has 1 aromatic heterocycles. The zero-order valence-corrected chi connectivity index (χ0v) is 14.5. The van der Waals surface area contributed by atoms with Crippen molar-refractivity contribution in [3.63, 3.8) is 0 Å². The highest BCUT2D eigenvalue weighted by Gasteiger charge is 2.23. The molecule has 1 aliphatic rings. The van der Waals surface area contributed by atoms with Crippen molar-refractivity contribution in [1.29, 1.82) is 0 Å². The van der Waals surface area contributed by atoms with Gasteiger partial charge in [0.25, 0.3) is 11.5 Å². The predicted octanol–water partition coefficient (Wildman–Crippen LogP) is 2.99. The number of carbonyl (C=O) groups is 1. The lowest BCUT2D eigenvalue weighted by Crippen LogP contribution is -2.25. The van der Waals surface area contributed by atoms with Gasteiger partial charge in [0, 0.05) is 17.3 Å². The summed E-state index contributed by atoms with van der Waals surface area (Å²) in [5, 5.41) is 6.85. The zero-order chi connectivity index (χ0) is 18.1. The van der Waals surface area contributed by atoms with E-state index in [4.69, 9.17) is 0 Å². The monoisotopic (exact) mass is 348 g/mol. The average Bonchev–Trinajstić information content (AvgIpc) is 3.46. The molecule has 2 aromatic carbocycles. The van der Waals surface area contributed by atoms with Gasteiger partial charge in [-0.05, 0) is 56.2 Å². The minimum absolute atomic E-state index is 0.0346. The van der Waals surface area contributed by atoms with Crippen molar-refractivity contribution in [1.82, 2.24) is 15.3 Å². The molecule has 6 nitrogen and oxygen atoms in total. The lowest BCUT2D eigenvalue weighted by Gasteiger charge is -2.15. The third-order valence-electron chi connectivity index (χ3n) is 4.48. The molecular formula is C20H20N4O2. The Morgan fingerprint density at radius 3 is 2.62 bits per heavy atom. The number of hydrogen-bond acceptors (Lipinski definition) is 4. The van der Waals surface area contributed by atoms with Crippen LogP contribution in [0.1, 0.15) is 42.0 Å². The van der Waals surface area contributed by atoms with E-state index in [1.165, 1.54) is 0 Å². The van der Waals surface area contributed by atoms with Crippen LogP contribution < -0.4 is 16.2 Å². The van der Waals surface area contributed by atoms with Crippen LogP contribution in [0.25, 0.3) is 10.9 Å². The highest BCUT2D eigenvalue weighted by Crippen LogP contribution is 2.21. The first kappa shape index (κ1) is 16.3. The largest absolute Gasteiger partial charge is 0.375 e. The number of benzene rings is 2. The second-order valence-corrected chi connectivity index (χ2v) is 6.66. The van der Waals surface area contributed by atoms with Crippen LogP contribution >= 0.6 is 0 Å². The molecule has 1 aliphatic carbocycles. The van der Waals surface area contributed by atoms with E-state index in [-0.39, 0.29) is 17.5 Å². The maximum atomic E-state index is 12.2. The van der Waals surface area contributed by atoms with Crippen LogP contribution in [0, 0.1) is 0 Å². The van der Waals surface area contributed by atoms with Crippen molar-refractivity contribution in [2.45, 2.75) is 31.8 Å². The molecule has 1 heterocycles. The maximum absolute atomic E-state index is 12.2. The van der Waals surface area contributed by atoms with Crippen molar-refractivity contribution in [3.05, 3.63) is 70.3 Å². The number of anilines is 1. The Kier molecular flexibility index (Phi) is 4.16. The highest BCUT2D eigenvalue weighted by molar-refractivity contribution is 5.94. The molecule has 0 aliphatic heterocycles. The summed E-state index contributed by atoms with van der Waals surface area (Å²) in [6.07, 6.45) is 2.14. The topological polar surface area (TPSA) is 86.9 Å². The Hall–Kier alpha value is -3.15. The third kappa shape index (κ3) is 3.44. The van der Waals surface area contributed by atoms with Crippen molar-refractivity contribution in [2.24, 2.45) is 0 Å². The number of carbonyl (C=O) groups excluding carboxylic acids is 1. The van der Waals surface area contributed by atoms with E-state index in [2.05, 4.69) is 20.6 Å². The molecule has 0 radical (unpaired) electrons. The van der Waals surface area contributed by atoms with Crippen LogP contribution in [0.3, 0.4) is 0 Å². The number of para-hydroxylation sites is 1. The van der Waals surface area contributed by atoms with Gasteiger partial charge in [-0.3, -0.25) is 9.59 Å². The molecule has 1 fully saturated rings. The van der Waals surface area contributed by atoms with Crippen LogP contribution in [-0.4, -0.2) is 21.9 Å². The zero-order valence-electron chi connectivity index (χ0n) is 14.5. The number of H-pyrrole nitrogens is 1. The van der Waals surface area contributed by atoms with Gasteiger partial charge in [-0.1, -0.05) is 12.1 Å². The van der Waals surface area contributed by atoms with Gasteiger partial charge >= 0.3 is 0 Å². The van der Waals surface area contributed by atoms with Gasteiger partial charge in [-0.15, -0.1) is 0 Å². The Bertz CT molecular complexity index is 1010. The molecule has 3 N–H and O–H groups in total. The second kappa shape index (κ2) is 6.63. The summed E-state index contributed by atoms with van der Waals surface area (Å²) in [5.41, 5.74) is 2.03. The smallest absolute Gasteiger partial charge is 0.258 e. The second-order valence-electron chi connectivity index (χ2n) is 6.66. The number of nitrogens with one attached hydrogen (secondary N) is 3. The molecule has 0 unspecified atom stereocenters. The predicted molar refractivity (Wildman–Crippen MR) is 101 cm³/mol. The molecule has 4 rings (SSSR count). The van der Waals surface area contributed by atoms with E-state index in [0.29, 0.717) is 28.3 Å². The number of amides is 1. The van der Waals surface area contributed by atoms with Crippen LogP contribution in [-0.2, 0) is 0 Å². The molecule has 3 aromatic rings. The summed E-state index contributed by atoms with van der Waals surface area (Å²) in [7, 11) is 0. The number of aromatic amines is 1. The molecule has 0 saturated heterocycles. The van der Waals surface area contributed by atoms with Crippen LogP contribution in [0.15, 0.2) is 53.3 Å². The number of fused-ring (bicyclic) bond motifs is 1. The Morgan fingerprint density at radius 1 is 1.15 bits per heavy atom. The van der Waals surface area contributed by atoms with Crippen LogP contribution in [0.5, 0.6) is 0 Å². The van der Waals surface area contributed by atoms with Gasteiger partial charge in [-0.25, -0.2) is 4.98 Å². The van der Waals surface area contributed by atoms with E-state index >= 15 is 0 Å². The van der Waals surface area contributed by atoms with Gasteiger partial charge in [-0.2, -0.15) is 0 Å². The van der Waals surface area contributed by atoms with Crippen molar-refractivity contribution in [2.75, 3.05) is 5.32 Å². The van der Waals surface area contributed by atoms with Crippen molar-refractivity contribution < 1.29 is 4.79 Å². The van der Waals surface area contributed by atoms with E-state index < -0.39 is 0 Å². The summed E-state index contributed by atoms with van der Waals surface area (Å²) in [6, 6.07) is 14.7. The van der Waals surface area contributed by atoms with Gasteiger partial charge in [0.15, 0.2) is 0 Å². The Balaban J connectivity index is 1.49. The SMILES string of the molecule is C[C@@H](Nc1ccc(C(=O)NC2CC2)cc1)c1nc2ccccc2c(=O)[nH]1. The minimum Gasteiger partial charge on any atom is -0.375 e. The van der Waals surface area contributed by atoms with E-state index in [9.17, 15) is 9.59 Å². The fourth-order valence-electron chi connectivity index (χ4n) is 2.84. The first-order valence-corrected chi connectivity index (χ1v) is 8.76. The summed E-state index contributed by atoms with van der Waals surface area (Å²) < 4.78 is 0. The van der Waals surface area contributed by atoms with Crippen LogP contribution in [0.2, 0.25) is 0 Å². The summed E-state index contributed by atoms with van der Waals surface area (Å²) >= 11 is 0. The maximum Gasteiger partial charge on any atom is 0.258 e. The number of rotatable bonds is 5. The fraction of sp³-hybridized carbons (Fsp3) is 0.250. The lowest BCUT2D eigenvalue weighted by molar-refractivity contribution is 0.0951. The summed E-state index contributed by atoms with van der Waals surface area (Å²) in [4.78, 5) is 31.6. The molecule has 1 atom stereocenters. The standard InChI is InChI=1S/C20H20N4O2/c1-12(18-23-17-5-3-2-4-16(17)20(26)24-18)21-14-8-6-13(7-9-14)19(25)22-15-10-11-15/h2-9,12,15,21H,10-11H2,1H3,(H,22,25)(H,23,24,26)/t12-/m1/s1. The Labute approximate surface area is 150 Å². The molecule has 6 heteroatoms. The first-order chi connectivity index (χ1) is 12.6. The molecular weight excluding hydrogens is 328 g/mol. The molecule has 1 amide bonds. The molecule has 0 spiro atoms. The first-order valence-electron chi connectivity index (χ1n) is 8.76. The molecule has 26 heavy (non-hydrogen) atoms. The van der Waals surface area contributed by atoms with Gasteiger partial charge < -0.3 is 15.6 Å². The fourth-order valence-corrected chi connectivity index (χ4v) is 2.84. The number of nitrogens with zero attached hydrogens (tertiary/aromatic N) is 1. The van der Waals surface area contributed by atoms with Crippen molar-refractivity contribution >= 4 is 22.5 Å². The molecule has 1 saturated carbocycles. The number of hydrogen-bond donors (Lipinski definition) is 3. The van der Waals surface area contributed by atoms with Gasteiger partial charge in [0.05, 0.1) is 16.9 Å². The van der Waals surface area contributed by atoms with Crippen molar-refractivity contribution in [3.8, 4) is 0 Å². The molecule has 0 bridgehead atoms. The Morgan fingerprint density at radius 2 is 1.88 bits per heavy atom. The highest BCUT2D eigenvalue weighted by atomic mass is 16.1. The summed E-state index contributed by atoms with van der Waals surface area (Å²) in [6.45, 7) is 1.93. The quantitative estimate of drug-likeness (QED) is 0.661.